The van der Waals surface area contributed by atoms with Gasteiger partial charge in [-0.15, -0.1) is 20.5 Å². The van der Waals surface area contributed by atoms with Gasteiger partial charge in [0.1, 0.15) is 22.9 Å². The maximum Gasteiger partial charge on any atom is 0.294 e. The van der Waals surface area contributed by atoms with Crippen molar-refractivity contribution in [2.75, 3.05) is 72.3 Å². The van der Waals surface area contributed by atoms with Gasteiger partial charge in [-0.25, -0.2) is 0 Å². The lowest BCUT2D eigenvalue weighted by molar-refractivity contribution is 0.414. The zero-order valence-electron chi connectivity index (χ0n) is 45.2. The first-order chi connectivity index (χ1) is 39.5. The molecule has 9 rings (SSSR count). The largest absolute Gasteiger partial charge is 0.494 e. The summed E-state index contributed by atoms with van der Waals surface area (Å²) in [5.41, 5.74) is 4.78. The summed E-state index contributed by atoms with van der Waals surface area (Å²) in [5, 5.41) is 27.0. The van der Waals surface area contributed by atoms with Crippen molar-refractivity contribution in [3.05, 3.63) is 71.8 Å². The fourth-order valence-electron chi connectivity index (χ4n) is 8.56. The highest BCUT2D eigenvalue weighted by Gasteiger charge is 2.25. The Bertz CT molecular complexity index is 4080. The molecule has 34 heteroatoms. The third-order valence-electron chi connectivity index (χ3n) is 12.7. The van der Waals surface area contributed by atoms with Gasteiger partial charge in [0.2, 0.25) is 11.9 Å². The topological polar surface area (TPSA) is 352 Å². The molecule has 9 aromatic rings. The second kappa shape index (κ2) is 25.1. The van der Waals surface area contributed by atoms with E-state index in [1.165, 1.54) is 26.4 Å². The number of fused-ring (bicyclic) bond motifs is 2. The SMILES string of the molecule is CCN(CC)c1cc(Nc2nc(Nc3cc(N(CC)CC)c(OC)cc3N=Nc3snc4snc(-c5ccc(C)c(S(=O)(=O)O)c5)c34)nc(SCCS(=O)(=O)O)n2)c(N=Nc2snc3snc(-c4ccc(C)c(S(=O)(=O)O)c4)c23)cc1OC. The van der Waals surface area contributed by atoms with Crippen molar-refractivity contribution in [1.29, 1.82) is 0 Å². The van der Waals surface area contributed by atoms with E-state index in [4.69, 9.17) is 24.7 Å². The fourth-order valence-corrected chi connectivity index (χ4v) is 14.9. The Morgan fingerprint density at radius 3 is 1.36 bits per heavy atom. The molecule has 436 valence electrons. The van der Waals surface area contributed by atoms with Gasteiger partial charge in [0.25, 0.3) is 30.4 Å². The van der Waals surface area contributed by atoms with E-state index >= 15 is 0 Å². The van der Waals surface area contributed by atoms with Crippen molar-refractivity contribution in [3.63, 3.8) is 0 Å². The van der Waals surface area contributed by atoms with Crippen molar-refractivity contribution < 1.29 is 48.4 Å². The molecular weight excluding hydrogens is 1230 g/mol. The molecule has 0 saturated carbocycles. The Hall–Kier alpha value is -6.99. The van der Waals surface area contributed by atoms with Crippen LogP contribution < -0.4 is 29.9 Å². The van der Waals surface area contributed by atoms with E-state index in [2.05, 4.69) is 58.1 Å². The predicted molar refractivity (Wildman–Crippen MR) is 326 cm³/mol. The molecule has 0 bridgehead atoms. The first-order valence-electron chi connectivity index (χ1n) is 24.9. The minimum Gasteiger partial charge on any atom is -0.494 e. The highest BCUT2D eigenvalue weighted by molar-refractivity contribution is 8.00. The number of benzene rings is 4. The molecule has 0 fully saturated rings. The van der Waals surface area contributed by atoms with Crippen LogP contribution in [0.5, 0.6) is 11.5 Å². The molecule has 0 saturated heterocycles. The lowest BCUT2D eigenvalue weighted by atomic mass is 10.1. The number of rotatable bonds is 24. The molecule has 26 nitrogen and oxygen atoms in total. The third-order valence-corrected chi connectivity index (χ3v) is 19.7. The molecular formula is C49H51N15O11S8. The number of thioether (sulfide) groups is 1. The Balaban J connectivity index is 1.15. The van der Waals surface area contributed by atoms with Gasteiger partial charge in [-0.1, -0.05) is 36.0 Å². The standard InChI is InChI=1S/C49H51N15O11S8/c1-9-63(10-2)33-21-29(31(23-35(33)74-7)55-57-43-39-41(59-79-45(39)61-77-43)27-15-13-25(5)37(19-27)82(68,69)70)50-47-52-48(54-49(53-47)76-17-18-81(65,66)67)51-30-22-34(64(11-3)12-4)36(75-8)24-32(30)56-58-44-40-42(60-80-46(40)62-78-44)28-16-14-26(6)38(20-28)83(71,72)73/h13-16,19-24H,9-12,17-18H2,1-8H3,(H,65,66,67)(H,68,69,70)(H,71,72,73)(H2,50,51,52,53,54). The average molecular weight is 1280 g/mol. The number of methoxy groups -OCH3 is 2. The van der Waals surface area contributed by atoms with E-state index in [1.54, 1.807) is 62.4 Å². The molecule has 5 N–H and O–H groups in total. The van der Waals surface area contributed by atoms with Gasteiger partial charge < -0.3 is 29.9 Å². The number of anilines is 6. The molecule has 4 aromatic carbocycles. The Morgan fingerprint density at radius 1 is 0.566 bits per heavy atom. The summed E-state index contributed by atoms with van der Waals surface area (Å²) in [5.74, 6) is 0.0670. The van der Waals surface area contributed by atoms with Crippen LogP contribution in [0, 0.1) is 13.8 Å². The van der Waals surface area contributed by atoms with Gasteiger partial charge >= 0.3 is 0 Å². The smallest absolute Gasteiger partial charge is 0.294 e. The second-order valence-corrected chi connectivity index (χ2v) is 26.2. The molecule has 0 radical (unpaired) electrons. The van der Waals surface area contributed by atoms with Gasteiger partial charge in [0.15, 0.2) is 24.8 Å². The predicted octanol–water partition coefficient (Wildman–Crippen LogP) is 12.5. The van der Waals surface area contributed by atoms with E-state index in [1.807, 2.05) is 27.7 Å². The van der Waals surface area contributed by atoms with Crippen LogP contribution >= 0.6 is 57.9 Å². The number of aryl methyl sites for hydroxylation is 2. The first kappa shape index (κ1) is 60.6. The fraction of sp³-hybridized carbons (Fsp3) is 0.286. The van der Waals surface area contributed by atoms with Gasteiger partial charge in [0.05, 0.1) is 74.7 Å². The van der Waals surface area contributed by atoms with Crippen molar-refractivity contribution >= 4 is 165 Å². The summed E-state index contributed by atoms with van der Waals surface area (Å²) in [4.78, 5) is 18.8. The summed E-state index contributed by atoms with van der Waals surface area (Å²) >= 11 is 5.20. The van der Waals surface area contributed by atoms with Crippen molar-refractivity contribution in [3.8, 4) is 34.0 Å². The normalized spacial score (nSPS) is 12.3. The number of nitrogens with zero attached hydrogens (tertiary/aromatic N) is 13. The van der Waals surface area contributed by atoms with Crippen LogP contribution in [0.3, 0.4) is 0 Å². The van der Waals surface area contributed by atoms with E-state index in [-0.39, 0.29) is 44.0 Å². The van der Waals surface area contributed by atoms with Crippen LogP contribution in [0.2, 0.25) is 0 Å². The van der Waals surface area contributed by atoms with Crippen molar-refractivity contribution in [1.82, 2.24) is 32.4 Å². The first-order valence-corrected chi connectivity index (χ1v) is 33.4. The Kier molecular flexibility index (Phi) is 18.3. The highest BCUT2D eigenvalue weighted by atomic mass is 32.2. The Labute approximate surface area is 497 Å². The minimum atomic E-state index is -4.56. The quantitative estimate of drug-likeness (QED) is 0.0213. The Morgan fingerprint density at radius 2 is 0.988 bits per heavy atom. The summed E-state index contributed by atoms with van der Waals surface area (Å²) < 4.78 is 133. The number of hydrogen-bond acceptors (Lipinski definition) is 28. The van der Waals surface area contributed by atoms with E-state index < -0.39 is 36.1 Å². The van der Waals surface area contributed by atoms with E-state index in [9.17, 15) is 38.9 Å². The van der Waals surface area contributed by atoms with Gasteiger partial charge in [-0.3, -0.25) is 13.7 Å². The monoisotopic (exact) mass is 1280 g/mol. The molecule has 0 spiro atoms. The number of nitrogens with one attached hydrogen (secondary N) is 2. The number of aromatic nitrogens is 7. The molecule has 5 aromatic heterocycles. The zero-order valence-corrected chi connectivity index (χ0v) is 51.7. The highest BCUT2D eigenvalue weighted by Crippen LogP contribution is 2.47. The minimum absolute atomic E-state index is 0.0408. The van der Waals surface area contributed by atoms with Gasteiger partial charge in [-0.05, 0) is 123 Å². The van der Waals surface area contributed by atoms with E-state index in [0.717, 1.165) is 57.9 Å². The van der Waals surface area contributed by atoms with Crippen LogP contribution in [-0.4, -0.2) is 123 Å². The average Bonchev–Trinajstić information content (AvgIpc) is 4.43. The molecule has 0 aliphatic rings. The summed E-state index contributed by atoms with van der Waals surface area (Å²) in [6.07, 6.45) is 0. The molecule has 83 heavy (non-hydrogen) atoms. The van der Waals surface area contributed by atoms with Crippen LogP contribution in [0.1, 0.15) is 38.8 Å². The summed E-state index contributed by atoms with van der Waals surface area (Å²) in [6, 6.07) is 16.1. The summed E-state index contributed by atoms with van der Waals surface area (Å²) in [6.45, 7) is 13.4. The molecule has 0 aliphatic heterocycles. The van der Waals surface area contributed by atoms with Crippen molar-refractivity contribution in [2.24, 2.45) is 20.5 Å². The maximum atomic E-state index is 12.3. The van der Waals surface area contributed by atoms with Crippen LogP contribution in [0.15, 0.2) is 96.1 Å². The molecule has 0 atom stereocenters. The maximum absolute atomic E-state index is 12.3. The van der Waals surface area contributed by atoms with Gasteiger partial charge in [0, 0.05) is 55.2 Å². The number of ether oxygens (including phenoxy) is 2. The third kappa shape index (κ3) is 13.5. The zero-order chi connectivity index (χ0) is 59.5. The number of azo groups is 2. The van der Waals surface area contributed by atoms with Gasteiger partial charge in [-0.2, -0.15) is 57.7 Å². The lowest BCUT2D eigenvalue weighted by Gasteiger charge is -2.25. The molecule has 0 amide bonds. The second-order valence-electron chi connectivity index (χ2n) is 17.8. The van der Waals surface area contributed by atoms with Crippen LogP contribution in [0.4, 0.5) is 56.0 Å². The van der Waals surface area contributed by atoms with Crippen LogP contribution in [0.25, 0.3) is 42.9 Å². The number of hydrogen-bond donors (Lipinski definition) is 5. The van der Waals surface area contributed by atoms with E-state index in [0.29, 0.717) is 125 Å². The molecule has 0 aliphatic carbocycles. The van der Waals surface area contributed by atoms with Crippen molar-refractivity contribution in [2.45, 2.75) is 56.5 Å². The molecule has 5 heterocycles. The lowest BCUT2D eigenvalue weighted by Crippen LogP contribution is -2.22. The summed E-state index contributed by atoms with van der Waals surface area (Å²) in [7, 11) is -10.4. The molecule has 0 unspecified atom stereocenters. The van der Waals surface area contributed by atoms with Crippen LogP contribution in [-0.2, 0) is 30.4 Å².